The van der Waals surface area contributed by atoms with Crippen molar-refractivity contribution < 1.29 is 14.3 Å². The van der Waals surface area contributed by atoms with Gasteiger partial charge in [-0.05, 0) is 34.9 Å². The van der Waals surface area contributed by atoms with E-state index in [1.165, 1.54) is 6.92 Å². The van der Waals surface area contributed by atoms with Gasteiger partial charge in [0.15, 0.2) is 0 Å². The van der Waals surface area contributed by atoms with Crippen molar-refractivity contribution in [2.24, 2.45) is 5.73 Å². The molecule has 0 atom stereocenters. The number of aromatic nitrogens is 2. The minimum absolute atomic E-state index is 0.279. The first-order valence-electron chi connectivity index (χ1n) is 10.2. The second kappa shape index (κ2) is 9.45. The number of fused-ring (bicyclic) bond motifs is 1. The van der Waals surface area contributed by atoms with E-state index < -0.39 is 0 Å². The van der Waals surface area contributed by atoms with E-state index in [0.29, 0.717) is 26.2 Å². The van der Waals surface area contributed by atoms with Gasteiger partial charge in [0, 0.05) is 49.6 Å². The Kier molecular flexibility index (Phi) is 6.29. The summed E-state index contributed by atoms with van der Waals surface area (Å²) in [5.41, 5.74) is 11.9. The number of nitrogens with zero attached hydrogens (tertiary/aromatic N) is 2. The smallest absolute Gasteiger partial charge is 0.302 e. The Balaban J connectivity index is 1.58. The van der Waals surface area contributed by atoms with Crippen molar-refractivity contribution in [2.75, 3.05) is 6.61 Å². The van der Waals surface area contributed by atoms with Gasteiger partial charge in [-0.1, -0.05) is 36.4 Å². The van der Waals surface area contributed by atoms with Gasteiger partial charge in [-0.2, -0.15) is 0 Å². The quantitative estimate of drug-likeness (QED) is 0.438. The third-order valence-corrected chi connectivity index (χ3v) is 5.06. The van der Waals surface area contributed by atoms with Crippen LogP contribution in [0, 0.1) is 0 Å². The molecule has 0 radical (unpaired) electrons. The van der Waals surface area contributed by atoms with E-state index in [-0.39, 0.29) is 5.97 Å². The molecule has 0 unspecified atom stereocenters. The molecule has 2 heterocycles. The molecule has 31 heavy (non-hydrogen) atoms. The van der Waals surface area contributed by atoms with Crippen LogP contribution in [0.4, 0.5) is 0 Å². The number of carbonyl (C=O) groups excluding carboxylic acids is 1. The van der Waals surface area contributed by atoms with Crippen molar-refractivity contribution in [2.45, 2.75) is 26.5 Å². The lowest BCUT2D eigenvalue weighted by molar-refractivity contribution is -0.140. The predicted octanol–water partition coefficient (Wildman–Crippen LogP) is 4.14. The normalized spacial score (nSPS) is 10.9. The maximum absolute atomic E-state index is 11.0. The van der Waals surface area contributed by atoms with Crippen LogP contribution in [-0.4, -0.2) is 22.0 Å². The molecule has 4 aromatic rings. The zero-order chi connectivity index (χ0) is 21.6. The summed E-state index contributed by atoms with van der Waals surface area (Å²) in [5.74, 6) is 0.505. The van der Waals surface area contributed by atoms with Crippen LogP contribution in [0.2, 0.25) is 0 Å². The first-order valence-corrected chi connectivity index (χ1v) is 10.2. The number of carbonyl (C=O) groups is 1. The number of para-hydroxylation sites is 1. The number of benzene rings is 2. The van der Waals surface area contributed by atoms with Gasteiger partial charge >= 0.3 is 5.97 Å². The highest BCUT2D eigenvalue weighted by Crippen LogP contribution is 2.27. The number of imidazole rings is 1. The van der Waals surface area contributed by atoms with Crippen molar-refractivity contribution in [3.63, 3.8) is 0 Å². The fraction of sp³-hybridized carbons (Fsp3) is 0.200. The summed E-state index contributed by atoms with van der Waals surface area (Å²) in [7, 11) is 0. The highest BCUT2D eigenvalue weighted by Gasteiger charge is 2.10. The summed E-state index contributed by atoms with van der Waals surface area (Å²) >= 11 is 0. The average molecular weight is 415 g/mol. The van der Waals surface area contributed by atoms with Crippen LogP contribution in [0.15, 0.2) is 73.2 Å². The Hall–Kier alpha value is -3.64. The zero-order valence-electron chi connectivity index (χ0n) is 17.5. The lowest BCUT2D eigenvalue weighted by atomic mass is 10.0. The van der Waals surface area contributed by atoms with Crippen LogP contribution in [-0.2, 0) is 29.1 Å². The fourth-order valence-electron chi connectivity index (χ4n) is 3.57. The third-order valence-electron chi connectivity index (χ3n) is 5.06. The summed E-state index contributed by atoms with van der Waals surface area (Å²) in [5, 5.41) is 0. The Labute approximate surface area is 181 Å². The first kappa shape index (κ1) is 20.6. The first-order chi connectivity index (χ1) is 15.1. The molecule has 0 saturated carbocycles. The van der Waals surface area contributed by atoms with E-state index in [9.17, 15) is 4.79 Å². The van der Waals surface area contributed by atoms with E-state index in [1.54, 1.807) is 6.20 Å². The molecule has 0 aliphatic carbocycles. The van der Waals surface area contributed by atoms with Crippen molar-refractivity contribution in [1.29, 1.82) is 0 Å². The van der Waals surface area contributed by atoms with Crippen LogP contribution in [0.25, 0.3) is 16.8 Å². The summed E-state index contributed by atoms with van der Waals surface area (Å²) < 4.78 is 13.2. The van der Waals surface area contributed by atoms with E-state index in [1.807, 2.05) is 53.2 Å². The summed E-state index contributed by atoms with van der Waals surface area (Å²) in [6.45, 7) is 2.64. The van der Waals surface area contributed by atoms with Crippen molar-refractivity contribution >= 4 is 11.6 Å². The molecule has 0 aliphatic rings. The molecular weight excluding hydrogens is 390 g/mol. The van der Waals surface area contributed by atoms with Gasteiger partial charge < -0.3 is 19.6 Å². The highest BCUT2D eigenvalue weighted by atomic mass is 16.5. The van der Waals surface area contributed by atoms with Gasteiger partial charge in [0.1, 0.15) is 18.0 Å². The molecule has 158 valence electrons. The average Bonchev–Trinajstić information content (AvgIpc) is 3.26. The van der Waals surface area contributed by atoms with E-state index in [4.69, 9.17) is 15.2 Å². The fourth-order valence-corrected chi connectivity index (χ4v) is 3.57. The molecule has 4 rings (SSSR count). The largest absolute Gasteiger partial charge is 0.489 e. The van der Waals surface area contributed by atoms with Gasteiger partial charge in [-0.15, -0.1) is 0 Å². The summed E-state index contributed by atoms with van der Waals surface area (Å²) in [4.78, 5) is 15.6. The van der Waals surface area contributed by atoms with Crippen molar-refractivity contribution in [3.8, 4) is 16.9 Å². The van der Waals surface area contributed by atoms with Crippen molar-refractivity contribution in [3.05, 3.63) is 89.9 Å². The number of hydrogen-bond acceptors (Lipinski definition) is 5. The highest BCUT2D eigenvalue weighted by molar-refractivity contribution is 5.78. The van der Waals surface area contributed by atoms with Gasteiger partial charge in [-0.3, -0.25) is 4.79 Å². The minimum atomic E-state index is -0.279. The molecule has 2 N–H and O–H groups in total. The van der Waals surface area contributed by atoms with E-state index in [2.05, 4.69) is 23.2 Å². The molecule has 0 saturated heterocycles. The maximum Gasteiger partial charge on any atom is 0.302 e. The standard InChI is InChI=1S/C25H25N3O3/c1-18(29)30-12-9-21-6-2-3-8-24(21)31-17-20-14-23(25-27-10-11-28(25)16-20)22-7-4-5-19(13-22)15-26/h2-8,10-11,13-14,16H,9,12,15,17,26H2,1H3. The molecule has 2 aromatic carbocycles. The van der Waals surface area contributed by atoms with Crippen molar-refractivity contribution in [1.82, 2.24) is 9.38 Å². The number of nitrogens with two attached hydrogens (primary N) is 1. The molecule has 0 amide bonds. The molecule has 0 fully saturated rings. The molecule has 6 nitrogen and oxygen atoms in total. The zero-order valence-corrected chi connectivity index (χ0v) is 17.5. The molecule has 0 spiro atoms. The topological polar surface area (TPSA) is 78.8 Å². The Morgan fingerprint density at radius 3 is 2.81 bits per heavy atom. The SMILES string of the molecule is CC(=O)OCCc1ccccc1OCc1cc(-c2cccc(CN)c2)c2nccn2c1. The number of esters is 1. The van der Waals surface area contributed by atoms with Gasteiger partial charge in [-0.25, -0.2) is 4.98 Å². The number of ether oxygens (including phenoxy) is 2. The maximum atomic E-state index is 11.0. The van der Waals surface area contributed by atoms with Crippen LogP contribution in [0.1, 0.15) is 23.6 Å². The van der Waals surface area contributed by atoms with E-state index in [0.717, 1.165) is 39.2 Å². The van der Waals surface area contributed by atoms with Gasteiger partial charge in [0.05, 0.1) is 6.61 Å². The molecule has 6 heteroatoms. The predicted molar refractivity (Wildman–Crippen MR) is 120 cm³/mol. The number of pyridine rings is 1. The number of rotatable bonds is 8. The van der Waals surface area contributed by atoms with Gasteiger partial charge in [0.2, 0.25) is 0 Å². The van der Waals surface area contributed by atoms with Crippen LogP contribution in [0.5, 0.6) is 5.75 Å². The monoisotopic (exact) mass is 415 g/mol. The molecule has 0 bridgehead atoms. The third kappa shape index (κ3) is 4.92. The number of hydrogen-bond donors (Lipinski definition) is 1. The van der Waals surface area contributed by atoms with Crippen LogP contribution in [0.3, 0.4) is 0 Å². The molecular formula is C25H25N3O3. The van der Waals surface area contributed by atoms with Crippen LogP contribution >= 0.6 is 0 Å². The Morgan fingerprint density at radius 2 is 1.97 bits per heavy atom. The van der Waals surface area contributed by atoms with Gasteiger partial charge in [0.25, 0.3) is 0 Å². The molecule has 2 aromatic heterocycles. The second-order valence-electron chi connectivity index (χ2n) is 7.31. The Morgan fingerprint density at radius 1 is 1.10 bits per heavy atom. The van der Waals surface area contributed by atoms with Crippen LogP contribution < -0.4 is 10.5 Å². The summed E-state index contributed by atoms with van der Waals surface area (Å²) in [6.07, 6.45) is 6.36. The minimum Gasteiger partial charge on any atom is -0.489 e. The molecule has 0 aliphatic heterocycles. The summed E-state index contributed by atoms with van der Waals surface area (Å²) in [6, 6.07) is 18.1. The van der Waals surface area contributed by atoms with E-state index >= 15 is 0 Å². The Bertz CT molecular complexity index is 1200. The lowest BCUT2D eigenvalue weighted by Crippen LogP contribution is -2.05. The second-order valence-corrected chi connectivity index (χ2v) is 7.31. The lowest BCUT2D eigenvalue weighted by Gasteiger charge is -2.13.